The van der Waals surface area contributed by atoms with Crippen LogP contribution in [0.2, 0.25) is 0 Å². The molecule has 5 nitrogen and oxygen atoms in total. The van der Waals surface area contributed by atoms with Gasteiger partial charge in [-0.15, -0.1) is 11.6 Å². The van der Waals surface area contributed by atoms with Crippen LogP contribution < -0.4 is 4.31 Å². The van der Waals surface area contributed by atoms with Gasteiger partial charge in [0.05, 0.1) is 18.4 Å². The van der Waals surface area contributed by atoms with Gasteiger partial charge in [-0.1, -0.05) is 18.2 Å². The Kier molecular flexibility index (Phi) is 4.90. The molecule has 0 aliphatic carbocycles. The zero-order valence-corrected chi connectivity index (χ0v) is 13.6. The summed E-state index contributed by atoms with van der Waals surface area (Å²) in [6, 6.07) is 7.42. The summed E-state index contributed by atoms with van der Waals surface area (Å²) in [6.07, 6.45) is 2.88. The second kappa shape index (κ2) is 6.49. The lowest BCUT2D eigenvalue weighted by atomic mass is 10.2. The first kappa shape index (κ1) is 15.9. The van der Waals surface area contributed by atoms with Crippen LogP contribution in [0.3, 0.4) is 0 Å². The summed E-state index contributed by atoms with van der Waals surface area (Å²) in [5.41, 5.74) is 1.60. The predicted octanol–water partition coefficient (Wildman–Crippen LogP) is 2.65. The molecule has 0 N–H and O–H groups in total. The van der Waals surface area contributed by atoms with Gasteiger partial charge < -0.3 is 0 Å². The van der Waals surface area contributed by atoms with Gasteiger partial charge in [0.15, 0.2) is 0 Å². The highest BCUT2D eigenvalue weighted by Crippen LogP contribution is 2.26. The van der Waals surface area contributed by atoms with E-state index in [-0.39, 0.29) is 4.90 Å². The lowest BCUT2D eigenvalue weighted by Gasteiger charge is -2.23. The third-order valence-corrected chi connectivity index (χ3v) is 5.19. The highest BCUT2D eigenvalue weighted by molar-refractivity contribution is 7.92. The van der Waals surface area contributed by atoms with Crippen molar-refractivity contribution in [3.63, 3.8) is 0 Å². The number of anilines is 1. The summed E-state index contributed by atoms with van der Waals surface area (Å²) in [5.74, 6) is 0.385. The van der Waals surface area contributed by atoms with Crippen LogP contribution in [0.25, 0.3) is 0 Å². The number of nitrogens with zero attached hydrogens (tertiary/aromatic N) is 3. The average molecular weight is 328 g/mol. The Bertz CT molecular complexity index is 713. The van der Waals surface area contributed by atoms with Crippen molar-refractivity contribution in [3.05, 3.63) is 42.2 Å². The molecule has 0 aliphatic rings. The Hall–Kier alpha value is -1.53. The Morgan fingerprint density at radius 1 is 1.33 bits per heavy atom. The third kappa shape index (κ3) is 3.22. The van der Waals surface area contributed by atoms with E-state index < -0.39 is 10.0 Å². The highest BCUT2D eigenvalue weighted by atomic mass is 35.5. The van der Waals surface area contributed by atoms with Crippen molar-refractivity contribution >= 4 is 27.3 Å². The zero-order valence-electron chi connectivity index (χ0n) is 12.0. The van der Waals surface area contributed by atoms with Crippen LogP contribution in [0.5, 0.6) is 0 Å². The minimum Gasteiger partial charge on any atom is -0.270 e. The molecule has 0 amide bonds. The summed E-state index contributed by atoms with van der Waals surface area (Å²) >= 11 is 5.65. The van der Waals surface area contributed by atoms with Crippen molar-refractivity contribution < 1.29 is 8.42 Å². The van der Waals surface area contributed by atoms with Crippen molar-refractivity contribution in [1.29, 1.82) is 0 Å². The minimum absolute atomic E-state index is 0.178. The molecule has 1 aromatic heterocycles. The minimum atomic E-state index is -3.62. The summed E-state index contributed by atoms with van der Waals surface area (Å²) in [7, 11) is -3.62. The Morgan fingerprint density at radius 3 is 2.67 bits per heavy atom. The summed E-state index contributed by atoms with van der Waals surface area (Å²) in [4.78, 5) is 0.178. The quantitative estimate of drug-likeness (QED) is 0.766. The van der Waals surface area contributed by atoms with Crippen LogP contribution in [0, 0.1) is 6.92 Å². The number of benzene rings is 1. The van der Waals surface area contributed by atoms with E-state index in [0.717, 1.165) is 5.56 Å². The fourth-order valence-electron chi connectivity index (χ4n) is 2.13. The van der Waals surface area contributed by atoms with Crippen LogP contribution >= 0.6 is 11.6 Å². The van der Waals surface area contributed by atoms with Crippen molar-refractivity contribution in [2.45, 2.75) is 25.3 Å². The smallest absolute Gasteiger partial charge is 0.267 e. The number of halogens is 1. The van der Waals surface area contributed by atoms with Crippen LogP contribution in [0.4, 0.5) is 5.69 Å². The van der Waals surface area contributed by atoms with Gasteiger partial charge in [0.2, 0.25) is 0 Å². The maximum absolute atomic E-state index is 12.8. The maximum atomic E-state index is 12.8. The number of sulfonamides is 1. The number of hydrogen-bond acceptors (Lipinski definition) is 3. The first-order chi connectivity index (χ1) is 10.0. The molecule has 21 heavy (non-hydrogen) atoms. The SMILES string of the molecule is CCN(c1ccccc1C)S(=O)(=O)c1cnn(CCCl)c1. The molecule has 0 saturated heterocycles. The second-order valence-electron chi connectivity index (χ2n) is 4.58. The van der Waals surface area contributed by atoms with Crippen molar-refractivity contribution in [2.75, 3.05) is 16.7 Å². The molecular formula is C14H18ClN3O2S. The van der Waals surface area contributed by atoms with E-state index >= 15 is 0 Å². The van der Waals surface area contributed by atoms with Gasteiger partial charge in [0.25, 0.3) is 10.0 Å². The monoisotopic (exact) mass is 327 g/mol. The van der Waals surface area contributed by atoms with Crippen LogP contribution in [0.15, 0.2) is 41.6 Å². The van der Waals surface area contributed by atoms with E-state index in [1.807, 2.05) is 32.0 Å². The topological polar surface area (TPSA) is 55.2 Å². The van der Waals surface area contributed by atoms with E-state index in [0.29, 0.717) is 24.7 Å². The van der Waals surface area contributed by atoms with E-state index in [9.17, 15) is 8.42 Å². The first-order valence-electron chi connectivity index (χ1n) is 6.67. The molecule has 0 aliphatic heterocycles. The number of hydrogen-bond donors (Lipinski definition) is 0. The van der Waals surface area contributed by atoms with Gasteiger partial charge in [-0.05, 0) is 25.5 Å². The van der Waals surface area contributed by atoms with Gasteiger partial charge in [0, 0.05) is 18.6 Å². The molecule has 0 spiro atoms. The highest BCUT2D eigenvalue weighted by Gasteiger charge is 2.26. The lowest BCUT2D eigenvalue weighted by Crippen LogP contribution is -2.31. The van der Waals surface area contributed by atoms with Crippen molar-refractivity contribution in [3.8, 4) is 0 Å². The third-order valence-electron chi connectivity index (χ3n) is 3.18. The standard InChI is InChI=1S/C14H18ClN3O2S/c1-3-18(14-7-5-4-6-12(14)2)21(19,20)13-10-16-17(11-13)9-8-15/h4-7,10-11H,3,8-9H2,1-2H3. The molecule has 0 unspecified atom stereocenters. The first-order valence-corrected chi connectivity index (χ1v) is 8.65. The molecule has 0 bridgehead atoms. The van der Waals surface area contributed by atoms with E-state index in [1.54, 1.807) is 6.07 Å². The lowest BCUT2D eigenvalue weighted by molar-refractivity contribution is 0.591. The van der Waals surface area contributed by atoms with Gasteiger partial charge >= 0.3 is 0 Å². The number of aromatic nitrogens is 2. The summed E-state index contributed by atoms with van der Waals surface area (Å²) in [5, 5.41) is 4.03. The molecule has 2 aromatic rings. The molecular weight excluding hydrogens is 310 g/mol. The predicted molar refractivity (Wildman–Crippen MR) is 84.3 cm³/mol. The largest absolute Gasteiger partial charge is 0.270 e. The van der Waals surface area contributed by atoms with Crippen molar-refractivity contribution in [1.82, 2.24) is 9.78 Å². The summed E-state index contributed by atoms with van der Waals surface area (Å²) < 4.78 is 28.5. The summed E-state index contributed by atoms with van der Waals surface area (Å²) in [6.45, 7) is 4.54. The molecule has 2 rings (SSSR count). The Morgan fingerprint density at radius 2 is 2.05 bits per heavy atom. The van der Waals surface area contributed by atoms with Crippen LogP contribution in [-0.2, 0) is 16.6 Å². The molecule has 1 aromatic carbocycles. The van der Waals surface area contributed by atoms with Gasteiger partial charge in [-0.2, -0.15) is 5.10 Å². The molecule has 0 radical (unpaired) electrons. The van der Waals surface area contributed by atoms with Crippen molar-refractivity contribution in [2.24, 2.45) is 0 Å². The number of para-hydroxylation sites is 1. The van der Waals surface area contributed by atoms with Gasteiger partial charge in [0.1, 0.15) is 4.90 Å². The Labute approximate surface area is 130 Å². The van der Waals surface area contributed by atoms with Crippen LogP contribution in [0.1, 0.15) is 12.5 Å². The van der Waals surface area contributed by atoms with E-state index in [1.165, 1.54) is 21.4 Å². The Balaban J connectivity index is 2.42. The fraction of sp³-hybridized carbons (Fsp3) is 0.357. The number of rotatable bonds is 6. The molecule has 7 heteroatoms. The number of alkyl halides is 1. The van der Waals surface area contributed by atoms with Gasteiger partial charge in [-0.3, -0.25) is 8.99 Å². The number of aryl methyl sites for hydroxylation is 2. The van der Waals surface area contributed by atoms with E-state index in [4.69, 9.17) is 11.6 Å². The molecule has 0 atom stereocenters. The normalized spacial score (nSPS) is 11.6. The molecule has 0 fully saturated rings. The maximum Gasteiger partial charge on any atom is 0.267 e. The molecule has 114 valence electrons. The fourth-order valence-corrected chi connectivity index (χ4v) is 3.79. The van der Waals surface area contributed by atoms with Gasteiger partial charge in [-0.25, -0.2) is 8.42 Å². The zero-order chi connectivity index (χ0) is 15.5. The second-order valence-corrected chi connectivity index (χ2v) is 6.82. The average Bonchev–Trinajstić information content (AvgIpc) is 2.91. The molecule has 0 saturated carbocycles. The van der Waals surface area contributed by atoms with E-state index in [2.05, 4.69) is 5.10 Å². The van der Waals surface area contributed by atoms with Crippen LogP contribution in [-0.4, -0.2) is 30.6 Å². The molecule has 1 heterocycles.